The molecule has 0 atom stereocenters. The Balaban J connectivity index is 1.87. The zero-order valence-electron chi connectivity index (χ0n) is 7.38. The molecule has 1 rings (SSSR count). The van der Waals surface area contributed by atoms with Gasteiger partial charge in [-0.2, -0.15) is 0 Å². The van der Waals surface area contributed by atoms with E-state index in [1.165, 1.54) is 19.3 Å². The Labute approximate surface area is 69.4 Å². The van der Waals surface area contributed by atoms with Gasteiger partial charge in [-0.05, 0) is 19.3 Å². The standard InChI is InChI=1S/C10H18O/c1-2-3-6-9-11-10-7-4-5-8-10/h4-5,10H,2-3,6-9H2,1H3. The maximum absolute atomic E-state index is 5.64. The lowest BCUT2D eigenvalue weighted by atomic mass is 10.2. The molecule has 0 aromatic heterocycles. The third-order valence-electron chi connectivity index (χ3n) is 2.07. The molecule has 0 spiro atoms. The summed E-state index contributed by atoms with van der Waals surface area (Å²) in [6.45, 7) is 3.18. The number of rotatable bonds is 5. The van der Waals surface area contributed by atoms with Gasteiger partial charge >= 0.3 is 0 Å². The van der Waals surface area contributed by atoms with Gasteiger partial charge in [-0.25, -0.2) is 0 Å². The molecule has 0 heterocycles. The van der Waals surface area contributed by atoms with Crippen LogP contribution in [0.2, 0.25) is 0 Å². The number of hydrogen-bond donors (Lipinski definition) is 0. The summed E-state index contributed by atoms with van der Waals surface area (Å²) in [7, 11) is 0. The van der Waals surface area contributed by atoms with Crippen molar-refractivity contribution in [2.24, 2.45) is 0 Å². The Morgan fingerprint density at radius 2 is 2.00 bits per heavy atom. The first-order chi connectivity index (χ1) is 5.43. The van der Waals surface area contributed by atoms with Crippen LogP contribution in [-0.2, 0) is 4.74 Å². The quantitative estimate of drug-likeness (QED) is 0.437. The molecule has 0 fully saturated rings. The van der Waals surface area contributed by atoms with Gasteiger partial charge in [0.15, 0.2) is 0 Å². The summed E-state index contributed by atoms with van der Waals surface area (Å²) < 4.78 is 5.64. The highest BCUT2D eigenvalue weighted by molar-refractivity contribution is 4.94. The molecule has 1 aliphatic carbocycles. The summed E-state index contributed by atoms with van der Waals surface area (Å²) in [5.41, 5.74) is 0. The molecule has 1 nitrogen and oxygen atoms in total. The van der Waals surface area contributed by atoms with Crippen LogP contribution in [0.5, 0.6) is 0 Å². The van der Waals surface area contributed by atoms with Gasteiger partial charge in [0.2, 0.25) is 0 Å². The molecule has 1 aliphatic rings. The van der Waals surface area contributed by atoms with E-state index in [1.807, 2.05) is 0 Å². The minimum Gasteiger partial charge on any atom is -0.378 e. The lowest BCUT2D eigenvalue weighted by Gasteiger charge is -2.09. The Morgan fingerprint density at radius 3 is 2.64 bits per heavy atom. The van der Waals surface area contributed by atoms with Crippen molar-refractivity contribution < 1.29 is 4.74 Å². The van der Waals surface area contributed by atoms with E-state index in [4.69, 9.17) is 4.74 Å². The van der Waals surface area contributed by atoms with Crippen molar-refractivity contribution in [3.63, 3.8) is 0 Å². The van der Waals surface area contributed by atoms with Crippen LogP contribution in [0.4, 0.5) is 0 Å². The SMILES string of the molecule is CCCCCOC1CC=CC1. The van der Waals surface area contributed by atoms with E-state index in [9.17, 15) is 0 Å². The van der Waals surface area contributed by atoms with Crippen molar-refractivity contribution in [2.45, 2.75) is 45.1 Å². The lowest BCUT2D eigenvalue weighted by Crippen LogP contribution is -2.08. The van der Waals surface area contributed by atoms with Gasteiger partial charge in [0.1, 0.15) is 0 Å². The summed E-state index contributed by atoms with van der Waals surface area (Å²) in [5.74, 6) is 0. The molecule has 0 unspecified atom stereocenters. The van der Waals surface area contributed by atoms with Crippen molar-refractivity contribution in [3.05, 3.63) is 12.2 Å². The van der Waals surface area contributed by atoms with E-state index in [-0.39, 0.29) is 0 Å². The smallest absolute Gasteiger partial charge is 0.0643 e. The molecule has 0 aromatic rings. The average Bonchev–Trinajstić information content (AvgIpc) is 2.50. The molecular weight excluding hydrogens is 136 g/mol. The first-order valence-corrected chi connectivity index (χ1v) is 4.70. The van der Waals surface area contributed by atoms with Crippen molar-refractivity contribution in [1.29, 1.82) is 0 Å². The van der Waals surface area contributed by atoms with Gasteiger partial charge in [0, 0.05) is 6.61 Å². The number of unbranched alkanes of at least 4 members (excludes halogenated alkanes) is 2. The molecule has 0 saturated carbocycles. The van der Waals surface area contributed by atoms with Crippen LogP contribution in [-0.4, -0.2) is 12.7 Å². The van der Waals surface area contributed by atoms with Crippen LogP contribution in [0.25, 0.3) is 0 Å². The molecule has 0 aliphatic heterocycles. The first kappa shape index (κ1) is 8.79. The Kier molecular flexibility index (Phi) is 4.29. The molecule has 11 heavy (non-hydrogen) atoms. The van der Waals surface area contributed by atoms with Crippen LogP contribution in [0.3, 0.4) is 0 Å². The molecule has 0 aromatic carbocycles. The summed E-state index contributed by atoms with van der Waals surface area (Å²) in [4.78, 5) is 0. The molecule has 1 heteroatoms. The van der Waals surface area contributed by atoms with Crippen LogP contribution in [0.1, 0.15) is 39.0 Å². The predicted molar refractivity (Wildman–Crippen MR) is 47.6 cm³/mol. The third-order valence-corrected chi connectivity index (χ3v) is 2.07. The first-order valence-electron chi connectivity index (χ1n) is 4.70. The topological polar surface area (TPSA) is 9.23 Å². The summed E-state index contributed by atoms with van der Waals surface area (Å²) in [5, 5.41) is 0. The highest BCUT2D eigenvalue weighted by Crippen LogP contribution is 2.13. The van der Waals surface area contributed by atoms with Crippen LogP contribution in [0.15, 0.2) is 12.2 Å². The van der Waals surface area contributed by atoms with Crippen LogP contribution in [0, 0.1) is 0 Å². The molecule has 0 amide bonds. The fourth-order valence-corrected chi connectivity index (χ4v) is 1.33. The highest BCUT2D eigenvalue weighted by Gasteiger charge is 2.08. The second-order valence-electron chi connectivity index (χ2n) is 3.14. The zero-order chi connectivity index (χ0) is 7.94. The minimum atomic E-state index is 0.506. The van der Waals surface area contributed by atoms with Crippen LogP contribution < -0.4 is 0 Å². The fraction of sp³-hybridized carbons (Fsp3) is 0.800. The van der Waals surface area contributed by atoms with Gasteiger partial charge in [-0.1, -0.05) is 31.9 Å². The van der Waals surface area contributed by atoms with E-state index in [0.717, 1.165) is 19.4 Å². The Morgan fingerprint density at radius 1 is 1.27 bits per heavy atom. The lowest BCUT2D eigenvalue weighted by molar-refractivity contribution is 0.0597. The maximum atomic E-state index is 5.64. The molecule has 64 valence electrons. The summed E-state index contributed by atoms with van der Waals surface area (Å²) in [6, 6.07) is 0. The molecular formula is C10H18O. The fourth-order valence-electron chi connectivity index (χ4n) is 1.33. The van der Waals surface area contributed by atoms with E-state index in [0.29, 0.717) is 6.10 Å². The largest absolute Gasteiger partial charge is 0.378 e. The van der Waals surface area contributed by atoms with E-state index in [1.54, 1.807) is 0 Å². The van der Waals surface area contributed by atoms with Crippen molar-refractivity contribution in [3.8, 4) is 0 Å². The van der Waals surface area contributed by atoms with E-state index in [2.05, 4.69) is 19.1 Å². The molecule has 0 saturated heterocycles. The zero-order valence-corrected chi connectivity index (χ0v) is 7.38. The molecule has 0 radical (unpaired) electrons. The van der Waals surface area contributed by atoms with Crippen molar-refractivity contribution in [1.82, 2.24) is 0 Å². The maximum Gasteiger partial charge on any atom is 0.0643 e. The Hall–Kier alpha value is -0.300. The highest BCUT2D eigenvalue weighted by atomic mass is 16.5. The van der Waals surface area contributed by atoms with E-state index >= 15 is 0 Å². The molecule has 0 N–H and O–H groups in total. The summed E-state index contributed by atoms with van der Waals surface area (Å²) in [6.07, 6.45) is 11.0. The Bertz CT molecular complexity index is 110. The minimum absolute atomic E-state index is 0.506. The normalized spacial score (nSPS) is 17.9. The van der Waals surface area contributed by atoms with E-state index < -0.39 is 0 Å². The van der Waals surface area contributed by atoms with Crippen molar-refractivity contribution >= 4 is 0 Å². The second kappa shape index (κ2) is 5.36. The van der Waals surface area contributed by atoms with Gasteiger partial charge in [0.05, 0.1) is 6.10 Å². The van der Waals surface area contributed by atoms with Gasteiger partial charge in [-0.15, -0.1) is 0 Å². The number of ether oxygens (including phenoxy) is 1. The van der Waals surface area contributed by atoms with Gasteiger partial charge in [0.25, 0.3) is 0 Å². The summed E-state index contributed by atoms with van der Waals surface area (Å²) >= 11 is 0. The monoisotopic (exact) mass is 154 g/mol. The average molecular weight is 154 g/mol. The molecule has 0 bridgehead atoms. The predicted octanol–water partition coefficient (Wildman–Crippen LogP) is 2.91. The van der Waals surface area contributed by atoms with Crippen LogP contribution >= 0.6 is 0 Å². The second-order valence-corrected chi connectivity index (χ2v) is 3.14. The van der Waals surface area contributed by atoms with Crippen molar-refractivity contribution in [2.75, 3.05) is 6.61 Å². The van der Waals surface area contributed by atoms with Gasteiger partial charge < -0.3 is 4.74 Å². The van der Waals surface area contributed by atoms with Gasteiger partial charge in [-0.3, -0.25) is 0 Å². The third kappa shape index (κ3) is 3.57. The number of hydrogen-bond acceptors (Lipinski definition) is 1.